The number of nitrogens with zero attached hydrogens (tertiary/aromatic N) is 1. The van der Waals surface area contributed by atoms with E-state index in [2.05, 4.69) is 0 Å². The smallest absolute Gasteiger partial charge is 0.416 e. The molecule has 0 saturated carbocycles. The first-order chi connectivity index (χ1) is 14.2. The van der Waals surface area contributed by atoms with Crippen molar-refractivity contribution in [3.05, 3.63) is 62.7 Å². The Morgan fingerprint density at radius 2 is 1.61 bits per heavy atom. The topological polar surface area (TPSA) is 144 Å². The van der Waals surface area contributed by atoms with Crippen LogP contribution in [0.3, 0.4) is 0 Å². The first-order valence-electron chi connectivity index (χ1n) is 7.86. The number of nitro benzene ring substituents is 1. The van der Waals surface area contributed by atoms with Crippen LogP contribution in [0.5, 0.6) is 11.5 Å². The summed E-state index contributed by atoms with van der Waals surface area (Å²) in [6, 6.07) is 5.86. The maximum atomic E-state index is 12.5. The fraction of sp³-hybridized carbons (Fsp3) is 0.167. The van der Waals surface area contributed by atoms with Crippen LogP contribution in [0.2, 0.25) is 5.02 Å². The third-order valence-electron chi connectivity index (χ3n) is 2.81. The molecule has 0 fully saturated rings. The van der Waals surface area contributed by atoms with Crippen molar-refractivity contribution in [2.75, 3.05) is 0 Å². The molecule has 2 aromatic carbocycles. The van der Waals surface area contributed by atoms with Gasteiger partial charge in [0.25, 0.3) is 17.6 Å². The van der Waals surface area contributed by atoms with Crippen molar-refractivity contribution >= 4 is 35.5 Å². The van der Waals surface area contributed by atoms with Crippen LogP contribution in [-0.4, -0.2) is 33.4 Å². The maximum absolute atomic E-state index is 12.5. The summed E-state index contributed by atoms with van der Waals surface area (Å²) in [4.78, 5) is 38.8. The zero-order valence-electron chi connectivity index (χ0n) is 15.8. The summed E-state index contributed by atoms with van der Waals surface area (Å²) in [6.45, 7) is 2.17. The number of halogens is 4. The van der Waals surface area contributed by atoms with Crippen LogP contribution in [0.25, 0.3) is 0 Å². The zero-order valence-corrected chi connectivity index (χ0v) is 16.6. The van der Waals surface area contributed by atoms with Gasteiger partial charge in [-0.3, -0.25) is 24.5 Å². The van der Waals surface area contributed by atoms with Crippen LogP contribution in [0, 0.1) is 10.1 Å². The van der Waals surface area contributed by atoms with Gasteiger partial charge >= 0.3 is 6.18 Å². The number of alkyl halides is 3. The second-order valence-corrected chi connectivity index (χ2v) is 5.79. The van der Waals surface area contributed by atoms with E-state index in [1.807, 2.05) is 0 Å². The molecule has 0 aliphatic heterocycles. The van der Waals surface area contributed by atoms with Gasteiger partial charge < -0.3 is 14.9 Å². The van der Waals surface area contributed by atoms with Crippen LogP contribution < -0.4 is 4.74 Å². The van der Waals surface area contributed by atoms with Gasteiger partial charge in [0, 0.05) is 19.9 Å². The Bertz CT molecular complexity index is 943. The molecule has 0 amide bonds. The first-order valence-corrected chi connectivity index (χ1v) is 8.24. The molecule has 2 rings (SSSR count). The van der Waals surface area contributed by atoms with Crippen molar-refractivity contribution in [3.8, 4) is 11.5 Å². The predicted octanol–water partition coefficient (Wildman–Crippen LogP) is 5.05. The largest absolute Gasteiger partial charge is 0.481 e. The molecular weight excluding hydrogens is 451 g/mol. The molecule has 0 saturated heterocycles. The number of hydrogen-bond acceptors (Lipinski definition) is 6. The van der Waals surface area contributed by atoms with Gasteiger partial charge in [0.15, 0.2) is 6.29 Å². The monoisotopic (exact) mass is 465 g/mol. The lowest BCUT2D eigenvalue weighted by atomic mass is 10.2. The van der Waals surface area contributed by atoms with Crippen LogP contribution in [0.15, 0.2) is 36.4 Å². The number of carbonyl (C=O) groups excluding carboxylic acids is 1. The summed E-state index contributed by atoms with van der Waals surface area (Å²) in [5.74, 6) is -1.72. The van der Waals surface area contributed by atoms with Crippen molar-refractivity contribution in [1.82, 2.24) is 0 Å². The molecule has 31 heavy (non-hydrogen) atoms. The molecule has 0 aliphatic carbocycles. The standard InChI is InChI=1S/C14H7ClF3NO4.2C2H4O2/c15-11-6-9(14(16,17)18)1-4-13(11)23-10-2-3-12(19(21)22)8(5-10)7-20;2*1-2(3)4/h1-7H;2*1H3,(H,3,4). The van der Waals surface area contributed by atoms with Crippen molar-refractivity contribution in [3.63, 3.8) is 0 Å². The highest BCUT2D eigenvalue weighted by molar-refractivity contribution is 6.32. The van der Waals surface area contributed by atoms with Crippen LogP contribution >= 0.6 is 11.6 Å². The number of carboxylic acid groups (broad SMARTS) is 2. The van der Waals surface area contributed by atoms with Crippen molar-refractivity contribution in [2.24, 2.45) is 0 Å². The summed E-state index contributed by atoms with van der Waals surface area (Å²) in [7, 11) is 0. The number of carbonyl (C=O) groups is 3. The van der Waals surface area contributed by atoms with Crippen LogP contribution in [0.4, 0.5) is 18.9 Å². The average Bonchev–Trinajstić information content (AvgIpc) is 2.61. The van der Waals surface area contributed by atoms with E-state index in [1.54, 1.807) is 0 Å². The average molecular weight is 466 g/mol. The number of aldehydes is 1. The highest BCUT2D eigenvalue weighted by atomic mass is 35.5. The summed E-state index contributed by atoms with van der Waals surface area (Å²) >= 11 is 5.74. The minimum atomic E-state index is -4.54. The van der Waals surface area contributed by atoms with E-state index in [-0.39, 0.29) is 28.4 Å². The SMILES string of the molecule is CC(=O)O.CC(=O)O.O=Cc1cc(Oc2ccc(C(F)(F)F)cc2Cl)ccc1[N+](=O)[O-]. The Balaban J connectivity index is 0.000000967. The Labute approximate surface area is 177 Å². The lowest BCUT2D eigenvalue weighted by Gasteiger charge is -2.11. The van der Waals surface area contributed by atoms with Gasteiger partial charge in [0.2, 0.25) is 0 Å². The molecule has 0 aromatic heterocycles. The fourth-order valence-electron chi connectivity index (χ4n) is 1.74. The normalized spacial score (nSPS) is 9.87. The van der Waals surface area contributed by atoms with Gasteiger partial charge in [0.1, 0.15) is 11.5 Å². The van der Waals surface area contributed by atoms with Crippen LogP contribution in [0.1, 0.15) is 29.8 Å². The Kier molecular flexibility index (Phi) is 10.7. The molecule has 2 aromatic rings. The molecule has 0 heterocycles. The highest BCUT2D eigenvalue weighted by Gasteiger charge is 2.31. The molecule has 0 spiro atoms. The van der Waals surface area contributed by atoms with Crippen molar-refractivity contribution in [1.29, 1.82) is 0 Å². The quantitative estimate of drug-likeness (QED) is 0.362. The number of carboxylic acids is 2. The number of nitro groups is 1. The molecular formula is C18H15ClF3NO8. The van der Waals surface area contributed by atoms with E-state index in [1.165, 1.54) is 6.07 Å². The molecule has 0 radical (unpaired) electrons. The first kappa shape index (κ1) is 27.3. The molecule has 0 bridgehead atoms. The summed E-state index contributed by atoms with van der Waals surface area (Å²) in [5, 5.41) is 25.3. The van der Waals surface area contributed by atoms with E-state index < -0.39 is 34.3 Å². The predicted molar refractivity (Wildman–Crippen MR) is 102 cm³/mol. The molecule has 0 aliphatic rings. The van der Waals surface area contributed by atoms with Gasteiger partial charge in [-0.15, -0.1) is 0 Å². The van der Waals surface area contributed by atoms with Gasteiger partial charge in [-0.05, 0) is 30.3 Å². The molecule has 9 nitrogen and oxygen atoms in total. The summed E-state index contributed by atoms with van der Waals surface area (Å²) < 4.78 is 42.9. The second kappa shape index (κ2) is 12.1. The Hall–Kier alpha value is -3.67. The third kappa shape index (κ3) is 10.6. The van der Waals surface area contributed by atoms with E-state index in [0.717, 1.165) is 38.1 Å². The molecule has 2 N–H and O–H groups in total. The summed E-state index contributed by atoms with van der Waals surface area (Å²) in [5.41, 5.74) is -1.58. The van der Waals surface area contributed by atoms with E-state index in [4.69, 9.17) is 36.1 Å². The third-order valence-corrected chi connectivity index (χ3v) is 3.11. The highest BCUT2D eigenvalue weighted by Crippen LogP contribution is 2.36. The molecule has 168 valence electrons. The van der Waals surface area contributed by atoms with Gasteiger partial charge in [-0.25, -0.2) is 0 Å². The Morgan fingerprint density at radius 1 is 1.10 bits per heavy atom. The number of ether oxygens (including phenoxy) is 1. The lowest BCUT2D eigenvalue weighted by molar-refractivity contribution is -0.385. The molecule has 13 heteroatoms. The van der Waals surface area contributed by atoms with Gasteiger partial charge in [0.05, 0.1) is 21.1 Å². The van der Waals surface area contributed by atoms with E-state index in [9.17, 15) is 28.1 Å². The van der Waals surface area contributed by atoms with E-state index >= 15 is 0 Å². The van der Waals surface area contributed by atoms with E-state index in [0.29, 0.717) is 6.07 Å². The number of hydrogen-bond donors (Lipinski definition) is 2. The second-order valence-electron chi connectivity index (χ2n) is 5.38. The van der Waals surface area contributed by atoms with Crippen molar-refractivity contribution < 1.29 is 47.4 Å². The lowest BCUT2D eigenvalue weighted by Crippen LogP contribution is -2.04. The minimum Gasteiger partial charge on any atom is -0.481 e. The number of benzene rings is 2. The van der Waals surface area contributed by atoms with Gasteiger partial charge in [-0.1, -0.05) is 11.6 Å². The van der Waals surface area contributed by atoms with Gasteiger partial charge in [-0.2, -0.15) is 13.2 Å². The van der Waals surface area contributed by atoms with Crippen molar-refractivity contribution in [2.45, 2.75) is 20.0 Å². The minimum absolute atomic E-state index is 0.0272. The molecule has 0 unspecified atom stereocenters. The summed E-state index contributed by atoms with van der Waals surface area (Å²) in [6.07, 6.45) is -4.26. The van der Waals surface area contributed by atoms with Crippen LogP contribution in [-0.2, 0) is 15.8 Å². The number of aliphatic carboxylic acids is 2. The molecule has 0 atom stereocenters. The Morgan fingerprint density at radius 3 is 2.00 bits per heavy atom. The zero-order chi connectivity index (χ0) is 24.4. The number of rotatable bonds is 4. The fourth-order valence-corrected chi connectivity index (χ4v) is 1.96. The maximum Gasteiger partial charge on any atom is 0.416 e.